The van der Waals surface area contributed by atoms with Crippen molar-refractivity contribution < 1.29 is 4.79 Å². The third-order valence-corrected chi connectivity index (χ3v) is 3.55. The van der Waals surface area contributed by atoms with Crippen molar-refractivity contribution in [1.82, 2.24) is 5.43 Å². The van der Waals surface area contributed by atoms with E-state index in [4.69, 9.17) is 11.6 Å². The lowest BCUT2D eigenvalue weighted by atomic mass is 10.0. The Bertz CT molecular complexity index is 685. The van der Waals surface area contributed by atoms with Gasteiger partial charge in [-0.1, -0.05) is 41.4 Å². The summed E-state index contributed by atoms with van der Waals surface area (Å²) >= 11 is 5.97. The Morgan fingerprint density at radius 1 is 1.14 bits per heavy atom. The average molecular weight is 301 g/mol. The van der Waals surface area contributed by atoms with Crippen LogP contribution in [0.4, 0.5) is 0 Å². The first-order valence-electron chi connectivity index (χ1n) is 6.65. The highest BCUT2D eigenvalue weighted by molar-refractivity contribution is 6.33. The topological polar surface area (TPSA) is 41.5 Å². The van der Waals surface area contributed by atoms with E-state index >= 15 is 0 Å². The molecule has 0 aliphatic rings. The predicted octanol–water partition coefficient (Wildman–Crippen LogP) is 4.03. The largest absolute Gasteiger partial charge is 0.272 e. The van der Waals surface area contributed by atoms with Crippen LogP contribution < -0.4 is 5.43 Å². The van der Waals surface area contributed by atoms with E-state index < -0.39 is 0 Å². The summed E-state index contributed by atoms with van der Waals surface area (Å²) in [6.45, 7) is 6.11. The molecule has 0 bridgehead atoms. The zero-order chi connectivity index (χ0) is 15.4. The molecule has 3 nitrogen and oxygen atoms in total. The number of nitrogens with zero attached hydrogens (tertiary/aromatic N) is 1. The summed E-state index contributed by atoms with van der Waals surface area (Å²) in [5.74, 6) is -0.320. The summed E-state index contributed by atoms with van der Waals surface area (Å²) in [5, 5.41) is 4.44. The number of aryl methyl sites for hydroxylation is 3. The van der Waals surface area contributed by atoms with Gasteiger partial charge in [-0.15, -0.1) is 0 Å². The van der Waals surface area contributed by atoms with Gasteiger partial charge < -0.3 is 0 Å². The Hall–Kier alpha value is -2.13. The van der Waals surface area contributed by atoms with Gasteiger partial charge in [0.05, 0.1) is 16.8 Å². The van der Waals surface area contributed by atoms with Gasteiger partial charge in [0.15, 0.2) is 0 Å². The molecule has 2 aromatic carbocycles. The summed E-state index contributed by atoms with van der Waals surface area (Å²) < 4.78 is 0. The second-order valence-electron chi connectivity index (χ2n) is 4.99. The van der Waals surface area contributed by atoms with E-state index in [1.165, 1.54) is 5.56 Å². The quantitative estimate of drug-likeness (QED) is 0.675. The standard InChI is InChI=1S/C17H17ClN2O/c1-11-8-12(2)15(13(3)9-11)10-19-20-17(21)14-6-4-5-7-16(14)18/h4-10H,1-3H3,(H,20,21). The first-order chi connectivity index (χ1) is 9.99. The predicted molar refractivity (Wildman–Crippen MR) is 87.2 cm³/mol. The van der Waals surface area contributed by atoms with Gasteiger partial charge in [0.1, 0.15) is 0 Å². The molecular formula is C17H17ClN2O. The third kappa shape index (κ3) is 3.70. The van der Waals surface area contributed by atoms with Crippen molar-refractivity contribution in [2.45, 2.75) is 20.8 Å². The van der Waals surface area contributed by atoms with E-state index in [0.29, 0.717) is 10.6 Å². The van der Waals surface area contributed by atoms with Gasteiger partial charge in [0.25, 0.3) is 5.91 Å². The molecule has 0 atom stereocenters. The van der Waals surface area contributed by atoms with Crippen molar-refractivity contribution in [2.24, 2.45) is 5.10 Å². The molecule has 21 heavy (non-hydrogen) atoms. The van der Waals surface area contributed by atoms with E-state index in [9.17, 15) is 4.79 Å². The molecule has 108 valence electrons. The molecule has 0 saturated heterocycles. The fourth-order valence-electron chi connectivity index (χ4n) is 2.26. The summed E-state index contributed by atoms with van der Waals surface area (Å²) in [5.41, 5.74) is 7.39. The van der Waals surface area contributed by atoms with Crippen molar-refractivity contribution in [3.05, 3.63) is 69.2 Å². The van der Waals surface area contributed by atoms with Crippen LogP contribution in [0.2, 0.25) is 5.02 Å². The van der Waals surface area contributed by atoms with Crippen LogP contribution >= 0.6 is 11.6 Å². The summed E-state index contributed by atoms with van der Waals surface area (Å²) in [6.07, 6.45) is 1.67. The molecule has 0 unspecified atom stereocenters. The lowest BCUT2D eigenvalue weighted by Gasteiger charge is -2.07. The normalized spacial score (nSPS) is 10.9. The molecule has 0 spiro atoms. The van der Waals surface area contributed by atoms with Crippen LogP contribution in [0.15, 0.2) is 41.5 Å². The second kappa shape index (κ2) is 6.55. The summed E-state index contributed by atoms with van der Waals surface area (Å²) in [6, 6.07) is 11.1. The Morgan fingerprint density at radius 3 is 2.38 bits per heavy atom. The molecule has 1 amide bonds. The molecule has 0 aliphatic carbocycles. The molecule has 2 rings (SSSR count). The molecule has 0 heterocycles. The number of amides is 1. The molecule has 4 heteroatoms. The van der Waals surface area contributed by atoms with Crippen LogP contribution in [0.5, 0.6) is 0 Å². The van der Waals surface area contributed by atoms with Crippen LogP contribution in [0.1, 0.15) is 32.6 Å². The molecule has 1 N–H and O–H groups in total. The number of halogens is 1. The highest BCUT2D eigenvalue weighted by Crippen LogP contribution is 2.15. The lowest BCUT2D eigenvalue weighted by molar-refractivity contribution is 0.0955. The van der Waals surface area contributed by atoms with Crippen molar-refractivity contribution in [3.8, 4) is 0 Å². The van der Waals surface area contributed by atoms with E-state index in [0.717, 1.165) is 16.7 Å². The third-order valence-electron chi connectivity index (χ3n) is 3.22. The molecule has 0 saturated carbocycles. The Morgan fingerprint density at radius 2 is 1.76 bits per heavy atom. The summed E-state index contributed by atoms with van der Waals surface area (Å²) in [4.78, 5) is 12.0. The van der Waals surface area contributed by atoms with E-state index in [1.54, 1.807) is 30.5 Å². The van der Waals surface area contributed by atoms with Crippen LogP contribution in [-0.2, 0) is 0 Å². The van der Waals surface area contributed by atoms with Crippen LogP contribution in [-0.4, -0.2) is 12.1 Å². The number of carbonyl (C=O) groups excluding carboxylic acids is 1. The molecular weight excluding hydrogens is 284 g/mol. The van der Waals surface area contributed by atoms with Gasteiger partial charge in [-0.2, -0.15) is 5.10 Å². The van der Waals surface area contributed by atoms with Crippen molar-refractivity contribution >= 4 is 23.7 Å². The monoisotopic (exact) mass is 300 g/mol. The van der Waals surface area contributed by atoms with Gasteiger partial charge in [-0.05, 0) is 44.0 Å². The van der Waals surface area contributed by atoms with Crippen molar-refractivity contribution in [3.63, 3.8) is 0 Å². The fourth-order valence-corrected chi connectivity index (χ4v) is 2.48. The molecule has 2 aromatic rings. The molecule has 0 aliphatic heterocycles. The maximum absolute atomic E-state index is 12.0. The minimum atomic E-state index is -0.320. The second-order valence-corrected chi connectivity index (χ2v) is 5.40. The smallest absolute Gasteiger partial charge is 0.267 e. The zero-order valence-corrected chi connectivity index (χ0v) is 13.0. The van der Waals surface area contributed by atoms with Crippen molar-refractivity contribution in [2.75, 3.05) is 0 Å². The highest BCUT2D eigenvalue weighted by atomic mass is 35.5. The van der Waals surface area contributed by atoms with Crippen molar-refractivity contribution in [1.29, 1.82) is 0 Å². The molecule has 0 fully saturated rings. The number of hydrogen-bond acceptors (Lipinski definition) is 2. The Labute approximate surface area is 129 Å². The van der Waals surface area contributed by atoms with Crippen LogP contribution in [0.25, 0.3) is 0 Å². The van der Waals surface area contributed by atoms with Gasteiger partial charge in [0.2, 0.25) is 0 Å². The van der Waals surface area contributed by atoms with Gasteiger partial charge >= 0.3 is 0 Å². The van der Waals surface area contributed by atoms with E-state index in [2.05, 4.69) is 29.6 Å². The lowest BCUT2D eigenvalue weighted by Crippen LogP contribution is -2.18. The Kier molecular flexibility index (Phi) is 4.76. The molecule has 0 radical (unpaired) electrons. The maximum atomic E-state index is 12.0. The average Bonchev–Trinajstić information content (AvgIpc) is 2.42. The number of benzene rings is 2. The number of hydrazone groups is 1. The van der Waals surface area contributed by atoms with Gasteiger partial charge in [-0.25, -0.2) is 5.43 Å². The first-order valence-corrected chi connectivity index (χ1v) is 7.02. The minimum absolute atomic E-state index is 0.320. The minimum Gasteiger partial charge on any atom is -0.267 e. The number of carbonyl (C=O) groups is 1. The molecule has 0 aromatic heterocycles. The highest BCUT2D eigenvalue weighted by Gasteiger charge is 2.08. The summed E-state index contributed by atoms with van der Waals surface area (Å²) in [7, 11) is 0. The number of rotatable bonds is 3. The Balaban J connectivity index is 2.13. The maximum Gasteiger partial charge on any atom is 0.272 e. The number of hydrogen-bond donors (Lipinski definition) is 1. The number of nitrogens with one attached hydrogen (secondary N) is 1. The van der Waals surface area contributed by atoms with Gasteiger partial charge in [0, 0.05) is 5.56 Å². The van der Waals surface area contributed by atoms with Crippen LogP contribution in [0.3, 0.4) is 0 Å². The fraction of sp³-hybridized carbons (Fsp3) is 0.176. The SMILES string of the molecule is Cc1cc(C)c(C=NNC(=O)c2ccccc2Cl)c(C)c1. The first kappa shape index (κ1) is 15.3. The van der Waals surface area contributed by atoms with E-state index in [-0.39, 0.29) is 5.91 Å². The van der Waals surface area contributed by atoms with E-state index in [1.807, 2.05) is 13.8 Å². The van der Waals surface area contributed by atoms with Crippen LogP contribution in [0, 0.1) is 20.8 Å². The zero-order valence-electron chi connectivity index (χ0n) is 12.3. The van der Waals surface area contributed by atoms with Gasteiger partial charge in [-0.3, -0.25) is 4.79 Å².